The molecule has 11 heavy (non-hydrogen) atoms. The number of hydroxylamine groups is 1. The molecule has 0 radical (unpaired) electrons. The van der Waals surface area contributed by atoms with Crippen molar-refractivity contribution in [3.8, 4) is 0 Å². The summed E-state index contributed by atoms with van der Waals surface area (Å²) in [5.74, 6) is 0.869. The van der Waals surface area contributed by atoms with Crippen LogP contribution in [-0.2, 0) is 4.84 Å². The lowest BCUT2D eigenvalue weighted by atomic mass is 10.1. The van der Waals surface area contributed by atoms with Gasteiger partial charge in [0, 0.05) is 6.54 Å². The minimum Gasteiger partial charge on any atom is -0.299 e. The van der Waals surface area contributed by atoms with Crippen molar-refractivity contribution in [2.75, 3.05) is 6.54 Å². The van der Waals surface area contributed by atoms with Gasteiger partial charge in [-0.1, -0.05) is 12.8 Å². The van der Waals surface area contributed by atoms with Crippen LogP contribution < -0.4 is 5.48 Å². The molecule has 0 spiro atoms. The lowest BCUT2D eigenvalue weighted by Gasteiger charge is -2.12. The van der Waals surface area contributed by atoms with Crippen LogP contribution in [-0.4, -0.2) is 12.6 Å². The summed E-state index contributed by atoms with van der Waals surface area (Å²) >= 11 is 0. The number of hydrogen-bond donors (Lipinski definition) is 1. The van der Waals surface area contributed by atoms with Gasteiger partial charge in [0.05, 0.1) is 6.10 Å². The Hall–Kier alpha value is -0.0800. The Morgan fingerprint density at radius 3 is 2.55 bits per heavy atom. The van der Waals surface area contributed by atoms with Crippen molar-refractivity contribution in [3.05, 3.63) is 0 Å². The number of rotatable bonds is 4. The van der Waals surface area contributed by atoms with E-state index in [0.29, 0.717) is 6.10 Å². The molecule has 0 atom stereocenters. The maximum absolute atomic E-state index is 5.25. The van der Waals surface area contributed by atoms with Crippen LogP contribution in [0.3, 0.4) is 0 Å². The highest BCUT2D eigenvalue weighted by Gasteiger charge is 2.14. The molecule has 1 aliphatic rings. The van der Waals surface area contributed by atoms with E-state index in [1.165, 1.54) is 25.7 Å². The van der Waals surface area contributed by atoms with E-state index in [9.17, 15) is 0 Å². The third-order valence-electron chi connectivity index (χ3n) is 2.17. The lowest BCUT2D eigenvalue weighted by molar-refractivity contribution is -0.0112. The SMILES string of the molecule is CC(C)ONCC1CCCC1. The quantitative estimate of drug-likeness (QED) is 0.631. The van der Waals surface area contributed by atoms with Crippen LogP contribution in [0.5, 0.6) is 0 Å². The van der Waals surface area contributed by atoms with Gasteiger partial charge in [-0.05, 0) is 32.6 Å². The second-order valence-corrected chi connectivity index (χ2v) is 3.67. The number of hydrogen-bond acceptors (Lipinski definition) is 2. The monoisotopic (exact) mass is 157 g/mol. The molecular formula is C9H19NO. The first kappa shape index (κ1) is 9.01. The second-order valence-electron chi connectivity index (χ2n) is 3.67. The Balaban J connectivity index is 1.94. The van der Waals surface area contributed by atoms with E-state index in [4.69, 9.17) is 4.84 Å². The van der Waals surface area contributed by atoms with Crippen molar-refractivity contribution in [1.29, 1.82) is 0 Å². The fourth-order valence-electron chi connectivity index (χ4n) is 1.55. The fourth-order valence-corrected chi connectivity index (χ4v) is 1.55. The van der Waals surface area contributed by atoms with Crippen LogP contribution in [0.1, 0.15) is 39.5 Å². The molecule has 66 valence electrons. The van der Waals surface area contributed by atoms with Crippen molar-refractivity contribution in [1.82, 2.24) is 5.48 Å². The third kappa shape index (κ3) is 3.73. The van der Waals surface area contributed by atoms with Gasteiger partial charge < -0.3 is 0 Å². The normalized spacial score (nSPS) is 19.9. The first-order chi connectivity index (χ1) is 5.29. The zero-order valence-electron chi connectivity index (χ0n) is 7.60. The summed E-state index contributed by atoms with van der Waals surface area (Å²) in [6.45, 7) is 5.13. The average molecular weight is 157 g/mol. The molecule has 0 amide bonds. The highest BCUT2D eigenvalue weighted by molar-refractivity contribution is 4.67. The molecule has 1 aliphatic carbocycles. The summed E-state index contributed by atoms with van der Waals surface area (Å²) in [6, 6.07) is 0. The lowest BCUT2D eigenvalue weighted by Crippen LogP contribution is -2.24. The molecule has 0 bridgehead atoms. The van der Waals surface area contributed by atoms with E-state index < -0.39 is 0 Å². The predicted octanol–water partition coefficient (Wildman–Crippen LogP) is 2.11. The molecule has 1 saturated carbocycles. The summed E-state index contributed by atoms with van der Waals surface area (Å²) in [4.78, 5) is 5.25. The van der Waals surface area contributed by atoms with E-state index in [0.717, 1.165) is 12.5 Å². The van der Waals surface area contributed by atoms with E-state index in [1.807, 2.05) is 13.8 Å². The molecule has 0 aliphatic heterocycles. The van der Waals surface area contributed by atoms with Gasteiger partial charge in [-0.3, -0.25) is 4.84 Å². The zero-order valence-corrected chi connectivity index (χ0v) is 7.60. The minimum atomic E-state index is 0.302. The van der Waals surface area contributed by atoms with Gasteiger partial charge in [0.15, 0.2) is 0 Å². The summed E-state index contributed by atoms with van der Waals surface area (Å²) in [7, 11) is 0. The summed E-state index contributed by atoms with van der Waals surface area (Å²) < 4.78 is 0. The molecular weight excluding hydrogens is 138 g/mol. The molecule has 2 heteroatoms. The van der Waals surface area contributed by atoms with E-state index >= 15 is 0 Å². The van der Waals surface area contributed by atoms with Crippen molar-refractivity contribution in [2.45, 2.75) is 45.6 Å². The van der Waals surface area contributed by atoms with Crippen LogP contribution in [0, 0.1) is 5.92 Å². The molecule has 1 rings (SSSR count). The topological polar surface area (TPSA) is 21.3 Å². The van der Waals surface area contributed by atoms with Crippen LogP contribution in [0.4, 0.5) is 0 Å². The molecule has 0 aromatic rings. The summed E-state index contributed by atoms with van der Waals surface area (Å²) in [5.41, 5.74) is 3.03. The first-order valence-electron chi connectivity index (χ1n) is 4.67. The van der Waals surface area contributed by atoms with E-state index in [2.05, 4.69) is 5.48 Å². The van der Waals surface area contributed by atoms with E-state index in [1.54, 1.807) is 0 Å². The van der Waals surface area contributed by atoms with Crippen molar-refractivity contribution < 1.29 is 4.84 Å². The highest BCUT2D eigenvalue weighted by Crippen LogP contribution is 2.23. The third-order valence-corrected chi connectivity index (χ3v) is 2.17. The van der Waals surface area contributed by atoms with Gasteiger partial charge in [-0.15, -0.1) is 0 Å². The Morgan fingerprint density at radius 1 is 1.36 bits per heavy atom. The van der Waals surface area contributed by atoms with Crippen LogP contribution in [0.2, 0.25) is 0 Å². The van der Waals surface area contributed by atoms with Crippen molar-refractivity contribution in [2.24, 2.45) is 5.92 Å². The number of nitrogens with one attached hydrogen (secondary N) is 1. The fraction of sp³-hybridized carbons (Fsp3) is 1.00. The summed E-state index contributed by atoms with van der Waals surface area (Å²) in [6.07, 6.45) is 5.89. The van der Waals surface area contributed by atoms with Gasteiger partial charge >= 0.3 is 0 Å². The molecule has 0 heterocycles. The Bertz CT molecular complexity index is 97.7. The minimum absolute atomic E-state index is 0.302. The van der Waals surface area contributed by atoms with Crippen molar-refractivity contribution >= 4 is 0 Å². The molecule has 0 unspecified atom stereocenters. The van der Waals surface area contributed by atoms with Gasteiger partial charge in [-0.25, -0.2) is 5.48 Å². The molecule has 0 saturated heterocycles. The average Bonchev–Trinajstić information content (AvgIpc) is 2.39. The van der Waals surface area contributed by atoms with Gasteiger partial charge in [-0.2, -0.15) is 0 Å². The Kier molecular flexibility index (Phi) is 3.87. The van der Waals surface area contributed by atoms with E-state index in [-0.39, 0.29) is 0 Å². The summed E-state index contributed by atoms with van der Waals surface area (Å²) in [5, 5.41) is 0. The second kappa shape index (κ2) is 4.73. The molecule has 1 fully saturated rings. The molecule has 1 N–H and O–H groups in total. The standard InChI is InChI=1S/C9H19NO/c1-8(2)11-10-7-9-5-3-4-6-9/h8-10H,3-7H2,1-2H3. The van der Waals surface area contributed by atoms with Gasteiger partial charge in [0.1, 0.15) is 0 Å². The largest absolute Gasteiger partial charge is 0.299 e. The predicted molar refractivity (Wildman–Crippen MR) is 46.2 cm³/mol. The van der Waals surface area contributed by atoms with Crippen LogP contribution in [0.15, 0.2) is 0 Å². The maximum Gasteiger partial charge on any atom is 0.0734 e. The zero-order chi connectivity index (χ0) is 8.10. The van der Waals surface area contributed by atoms with Gasteiger partial charge in [0.2, 0.25) is 0 Å². The Labute approximate surface area is 69.3 Å². The smallest absolute Gasteiger partial charge is 0.0734 e. The van der Waals surface area contributed by atoms with Crippen molar-refractivity contribution in [3.63, 3.8) is 0 Å². The maximum atomic E-state index is 5.25. The Morgan fingerprint density at radius 2 is 2.00 bits per heavy atom. The molecule has 0 aromatic carbocycles. The molecule has 0 aromatic heterocycles. The first-order valence-corrected chi connectivity index (χ1v) is 4.67. The molecule has 2 nitrogen and oxygen atoms in total. The highest BCUT2D eigenvalue weighted by atomic mass is 16.7. The van der Waals surface area contributed by atoms with Crippen LogP contribution >= 0.6 is 0 Å². The van der Waals surface area contributed by atoms with Crippen LogP contribution in [0.25, 0.3) is 0 Å². The van der Waals surface area contributed by atoms with Gasteiger partial charge in [0.25, 0.3) is 0 Å².